The van der Waals surface area contributed by atoms with E-state index in [1.807, 2.05) is 53.1 Å². The Labute approximate surface area is 138 Å². The summed E-state index contributed by atoms with van der Waals surface area (Å²) in [5.41, 5.74) is 3.96. The van der Waals surface area contributed by atoms with E-state index in [4.69, 9.17) is 4.98 Å². The summed E-state index contributed by atoms with van der Waals surface area (Å²) >= 11 is 0. The zero-order valence-corrected chi connectivity index (χ0v) is 12.7. The van der Waals surface area contributed by atoms with Crippen LogP contribution in [0.3, 0.4) is 0 Å². The van der Waals surface area contributed by atoms with Crippen molar-refractivity contribution in [1.29, 1.82) is 5.26 Å². The molecule has 0 aliphatic heterocycles. The van der Waals surface area contributed by atoms with E-state index in [9.17, 15) is 10.4 Å². The van der Waals surface area contributed by atoms with Gasteiger partial charge in [-0.05, 0) is 30.3 Å². The summed E-state index contributed by atoms with van der Waals surface area (Å²) in [6.07, 6.45) is 0. The normalized spacial score (nSPS) is 10.6. The summed E-state index contributed by atoms with van der Waals surface area (Å²) in [4.78, 5) is 4.72. The summed E-state index contributed by atoms with van der Waals surface area (Å²) in [5, 5.41) is 19.1. The van der Waals surface area contributed by atoms with Crippen LogP contribution in [0, 0.1) is 11.3 Å². The third-order valence-electron chi connectivity index (χ3n) is 3.90. The third-order valence-corrected chi connectivity index (χ3v) is 3.90. The molecule has 4 rings (SSSR count). The van der Waals surface area contributed by atoms with Crippen molar-refractivity contribution in [3.05, 3.63) is 78.4 Å². The molecule has 24 heavy (non-hydrogen) atoms. The van der Waals surface area contributed by atoms with Gasteiger partial charge >= 0.3 is 0 Å². The topological polar surface area (TPSA) is 61.8 Å². The Morgan fingerprint density at radius 3 is 2.54 bits per heavy atom. The van der Waals surface area contributed by atoms with Crippen molar-refractivity contribution in [1.82, 2.24) is 9.55 Å². The van der Waals surface area contributed by atoms with Crippen molar-refractivity contribution < 1.29 is 5.11 Å². The first kappa shape index (κ1) is 14.0. The number of hydrogen-bond donors (Lipinski definition) is 1. The van der Waals surface area contributed by atoms with Crippen LogP contribution < -0.4 is 0 Å². The van der Waals surface area contributed by atoms with E-state index in [1.165, 1.54) is 0 Å². The predicted molar refractivity (Wildman–Crippen MR) is 92.9 cm³/mol. The first-order valence-electron chi connectivity index (χ1n) is 7.54. The standard InChI is InChI=1S/C20H13N3O/c21-13-14-5-4-8-16(11-14)23-19-12-17(24)9-10-18(19)22-20(23)15-6-2-1-3-7-15/h1-12,24H. The van der Waals surface area contributed by atoms with Crippen molar-refractivity contribution in [3.8, 4) is 28.9 Å². The maximum atomic E-state index is 9.89. The molecule has 4 nitrogen and oxygen atoms in total. The molecule has 0 saturated heterocycles. The lowest BCUT2D eigenvalue weighted by Gasteiger charge is -2.10. The fourth-order valence-electron chi connectivity index (χ4n) is 2.82. The summed E-state index contributed by atoms with van der Waals surface area (Å²) < 4.78 is 1.96. The number of imidazole rings is 1. The molecule has 114 valence electrons. The van der Waals surface area contributed by atoms with Crippen LogP contribution in [-0.2, 0) is 0 Å². The van der Waals surface area contributed by atoms with Crippen LogP contribution in [0.25, 0.3) is 28.1 Å². The molecule has 0 fully saturated rings. The lowest BCUT2D eigenvalue weighted by molar-refractivity contribution is 0.476. The van der Waals surface area contributed by atoms with Gasteiger partial charge in [0.15, 0.2) is 0 Å². The molecule has 0 aliphatic carbocycles. The second kappa shape index (κ2) is 5.56. The van der Waals surface area contributed by atoms with E-state index >= 15 is 0 Å². The summed E-state index contributed by atoms with van der Waals surface area (Å²) in [7, 11) is 0. The monoisotopic (exact) mass is 311 g/mol. The number of hydrogen-bond acceptors (Lipinski definition) is 3. The zero-order valence-electron chi connectivity index (χ0n) is 12.7. The van der Waals surface area contributed by atoms with Gasteiger partial charge in [-0.1, -0.05) is 36.4 Å². The van der Waals surface area contributed by atoms with Gasteiger partial charge in [-0.2, -0.15) is 5.26 Å². The highest BCUT2D eigenvalue weighted by Gasteiger charge is 2.15. The minimum absolute atomic E-state index is 0.180. The molecule has 4 heteroatoms. The highest BCUT2D eigenvalue weighted by atomic mass is 16.3. The van der Waals surface area contributed by atoms with Crippen LogP contribution >= 0.6 is 0 Å². The Bertz CT molecular complexity index is 1080. The van der Waals surface area contributed by atoms with Crippen molar-refractivity contribution in [2.24, 2.45) is 0 Å². The fraction of sp³-hybridized carbons (Fsp3) is 0. The fourth-order valence-corrected chi connectivity index (χ4v) is 2.82. The van der Waals surface area contributed by atoms with Crippen LogP contribution in [0.2, 0.25) is 0 Å². The quantitative estimate of drug-likeness (QED) is 0.601. The Morgan fingerprint density at radius 1 is 0.917 bits per heavy atom. The van der Waals surface area contributed by atoms with Gasteiger partial charge in [0, 0.05) is 17.3 Å². The Balaban J connectivity index is 2.07. The molecule has 1 N–H and O–H groups in total. The second-order valence-corrected chi connectivity index (χ2v) is 5.47. The van der Waals surface area contributed by atoms with Crippen molar-refractivity contribution >= 4 is 11.0 Å². The Morgan fingerprint density at radius 2 is 1.75 bits per heavy atom. The zero-order chi connectivity index (χ0) is 16.5. The Kier molecular flexibility index (Phi) is 3.25. The van der Waals surface area contributed by atoms with Crippen LogP contribution in [0.4, 0.5) is 0 Å². The van der Waals surface area contributed by atoms with Crippen LogP contribution in [0.5, 0.6) is 5.75 Å². The first-order valence-corrected chi connectivity index (χ1v) is 7.54. The van der Waals surface area contributed by atoms with E-state index in [2.05, 4.69) is 6.07 Å². The molecule has 1 aromatic heterocycles. The minimum Gasteiger partial charge on any atom is -0.508 e. The highest BCUT2D eigenvalue weighted by Crippen LogP contribution is 2.30. The number of aromatic hydroxyl groups is 1. The number of aromatic nitrogens is 2. The van der Waals surface area contributed by atoms with Gasteiger partial charge in [0.25, 0.3) is 0 Å². The predicted octanol–water partition coefficient (Wildman–Crippen LogP) is 4.27. The van der Waals surface area contributed by atoms with Gasteiger partial charge < -0.3 is 5.11 Å². The van der Waals surface area contributed by atoms with Gasteiger partial charge in [-0.15, -0.1) is 0 Å². The number of rotatable bonds is 2. The molecular formula is C20H13N3O. The summed E-state index contributed by atoms with van der Waals surface area (Å²) in [6.45, 7) is 0. The molecule has 0 atom stereocenters. The van der Waals surface area contributed by atoms with E-state index in [-0.39, 0.29) is 5.75 Å². The number of phenolic OH excluding ortho intramolecular Hbond substituents is 1. The molecule has 0 unspecified atom stereocenters. The number of benzene rings is 3. The lowest BCUT2D eigenvalue weighted by Crippen LogP contribution is -1.98. The van der Waals surface area contributed by atoms with Gasteiger partial charge in [-0.3, -0.25) is 4.57 Å². The minimum atomic E-state index is 0.180. The maximum absolute atomic E-state index is 9.89. The average Bonchev–Trinajstić information content (AvgIpc) is 3.01. The van der Waals surface area contributed by atoms with E-state index in [0.717, 1.165) is 28.1 Å². The molecule has 0 bridgehead atoms. The molecule has 4 aromatic rings. The largest absolute Gasteiger partial charge is 0.508 e. The molecule has 0 aliphatic rings. The van der Waals surface area contributed by atoms with Gasteiger partial charge in [0.1, 0.15) is 11.6 Å². The van der Waals surface area contributed by atoms with Crippen LogP contribution in [0.1, 0.15) is 5.56 Å². The summed E-state index contributed by atoms with van der Waals surface area (Å²) in [6, 6.07) is 24.5. The van der Waals surface area contributed by atoms with E-state index < -0.39 is 0 Å². The molecule has 0 amide bonds. The molecule has 0 radical (unpaired) electrons. The SMILES string of the molecule is N#Cc1cccc(-n2c(-c3ccccc3)nc3ccc(O)cc32)c1. The van der Waals surface area contributed by atoms with Gasteiger partial charge in [0.05, 0.1) is 22.7 Å². The van der Waals surface area contributed by atoms with Crippen LogP contribution in [0.15, 0.2) is 72.8 Å². The average molecular weight is 311 g/mol. The Hall–Kier alpha value is -3.58. The van der Waals surface area contributed by atoms with Gasteiger partial charge in [-0.25, -0.2) is 4.98 Å². The third kappa shape index (κ3) is 2.29. The van der Waals surface area contributed by atoms with E-state index in [0.29, 0.717) is 5.56 Å². The molecule has 0 saturated carbocycles. The highest BCUT2D eigenvalue weighted by molar-refractivity contribution is 5.84. The number of nitrogens with zero attached hydrogens (tertiary/aromatic N) is 3. The lowest BCUT2D eigenvalue weighted by atomic mass is 10.2. The summed E-state index contributed by atoms with van der Waals surface area (Å²) in [5.74, 6) is 0.950. The first-order chi connectivity index (χ1) is 11.8. The number of phenols is 1. The molecule has 3 aromatic carbocycles. The number of nitriles is 1. The van der Waals surface area contributed by atoms with Gasteiger partial charge in [0.2, 0.25) is 0 Å². The second-order valence-electron chi connectivity index (χ2n) is 5.47. The maximum Gasteiger partial charge on any atom is 0.145 e. The van der Waals surface area contributed by atoms with Crippen LogP contribution in [-0.4, -0.2) is 14.7 Å². The molecule has 0 spiro atoms. The molecule has 1 heterocycles. The van der Waals surface area contributed by atoms with Crippen molar-refractivity contribution in [2.75, 3.05) is 0 Å². The number of fused-ring (bicyclic) bond motifs is 1. The smallest absolute Gasteiger partial charge is 0.145 e. The van der Waals surface area contributed by atoms with Crippen molar-refractivity contribution in [3.63, 3.8) is 0 Å². The van der Waals surface area contributed by atoms with E-state index in [1.54, 1.807) is 24.3 Å². The molecular weight excluding hydrogens is 298 g/mol. The van der Waals surface area contributed by atoms with Crippen molar-refractivity contribution in [2.45, 2.75) is 0 Å².